The number of hydrogen-bond acceptors (Lipinski definition) is 7. The number of nitrogens with zero attached hydrogens (tertiary/aromatic N) is 1. The Labute approximate surface area is 214 Å². The Kier molecular flexibility index (Phi) is 11.6. The van der Waals surface area contributed by atoms with Crippen molar-refractivity contribution in [2.75, 3.05) is 6.54 Å². The van der Waals surface area contributed by atoms with Crippen LogP contribution in [0.5, 0.6) is 0 Å². The normalized spacial score (nSPS) is 18.7. The van der Waals surface area contributed by atoms with Crippen molar-refractivity contribution in [1.82, 2.24) is 31.7 Å². The second-order valence-corrected chi connectivity index (χ2v) is 10.8. The minimum atomic E-state index is -0.929. The van der Waals surface area contributed by atoms with Crippen molar-refractivity contribution in [1.29, 1.82) is 0 Å². The molecule has 0 aromatic carbocycles. The van der Waals surface area contributed by atoms with Crippen LogP contribution in [0, 0.1) is 5.92 Å². The maximum Gasteiger partial charge on any atom is 0.422 e. The number of nitrogens with one attached hydrogen (secondary N) is 5. The zero-order valence-electron chi connectivity index (χ0n) is 23.0. The van der Waals surface area contributed by atoms with Gasteiger partial charge in [0.25, 0.3) is 0 Å². The van der Waals surface area contributed by atoms with Gasteiger partial charge in [0, 0.05) is 12.6 Å². The van der Waals surface area contributed by atoms with Crippen LogP contribution in [0.15, 0.2) is 0 Å². The molecule has 4 atom stereocenters. The van der Waals surface area contributed by atoms with E-state index in [1.807, 2.05) is 13.8 Å². The molecule has 0 aromatic heterocycles. The van der Waals surface area contributed by atoms with Crippen molar-refractivity contribution in [3.8, 4) is 0 Å². The van der Waals surface area contributed by atoms with Crippen LogP contribution >= 0.6 is 0 Å². The van der Waals surface area contributed by atoms with E-state index in [0.717, 1.165) is 0 Å². The Balaban J connectivity index is 2.73. The number of hydrogen-bond donors (Lipinski definition) is 5. The van der Waals surface area contributed by atoms with E-state index in [0.29, 0.717) is 19.4 Å². The lowest BCUT2D eigenvalue weighted by Crippen LogP contribution is -2.59. The maximum atomic E-state index is 13.0. The molecule has 12 heteroatoms. The van der Waals surface area contributed by atoms with Gasteiger partial charge in [0.05, 0.1) is 0 Å². The molecule has 206 valence electrons. The Morgan fingerprint density at radius 1 is 0.806 bits per heavy atom. The monoisotopic (exact) mass is 512 g/mol. The highest BCUT2D eigenvalue weighted by atomic mass is 16.6. The minimum Gasteiger partial charge on any atom is -0.443 e. The van der Waals surface area contributed by atoms with E-state index in [-0.39, 0.29) is 17.9 Å². The van der Waals surface area contributed by atoms with Gasteiger partial charge in [-0.15, -0.1) is 0 Å². The van der Waals surface area contributed by atoms with Crippen LogP contribution in [-0.4, -0.2) is 77.1 Å². The summed E-state index contributed by atoms with van der Waals surface area (Å²) in [7, 11) is 0. The molecule has 5 amide bonds. The average molecular weight is 513 g/mol. The highest BCUT2D eigenvalue weighted by Crippen LogP contribution is 2.17. The van der Waals surface area contributed by atoms with Crippen LogP contribution < -0.4 is 26.7 Å². The molecule has 36 heavy (non-hydrogen) atoms. The van der Waals surface area contributed by atoms with E-state index in [1.165, 1.54) is 11.9 Å². The van der Waals surface area contributed by atoms with Gasteiger partial charge in [-0.2, -0.15) is 0 Å². The van der Waals surface area contributed by atoms with Crippen molar-refractivity contribution in [3.63, 3.8) is 0 Å². The van der Waals surface area contributed by atoms with Crippen molar-refractivity contribution in [2.24, 2.45) is 5.92 Å². The number of carbonyl (C=O) groups is 5. The molecular weight excluding hydrogens is 468 g/mol. The molecular formula is C24H44N6O6. The highest BCUT2D eigenvalue weighted by molar-refractivity contribution is 5.94. The van der Waals surface area contributed by atoms with E-state index in [2.05, 4.69) is 26.7 Å². The molecule has 0 spiro atoms. The van der Waals surface area contributed by atoms with Crippen molar-refractivity contribution in [3.05, 3.63) is 0 Å². The first-order valence-corrected chi connectivity index (χ1v) is 12.5. The molecule has 1 fully saturated rings. The fraction of sp³-hybridized carbons (Fsp3) is 0.792. The van der Waals surface area contributed by atoms with Gasteiger partial charge in [0.1, 0.15) is 29.8 Å². The summed E-state index contributed by atoms with van der Waals surface area (Å²) >= 11 is 0. The summed E-state index contributed by atoms with van der Waals surface area (Å²) in [4.78, 5) is 62.6. The lowest BCUT2D eigenvalue weighted by Gasteiger charge is -2.29. The minimum absolute atomic E-state index is 0.0699. The van der Waals surface area contributed by atoms with Crippen LogP contribution in [0.25, 0.3) is 0 Å². The SMILES string of the molecule is CC(C)NC(=O)[C@H](C)NC(=O)[C@H](C)NC(=O)[C@@H](NC(=O)[C@@H]1CCCN1NC(=O)OC(C)(C)C)C(C)C. The summed E-state index contributed by atoms with van der Waals surface area (Å²) in [6.07, 6.45) is 0.534. The Bertz CT molecular complexity index is 809. The predicted molar refractivity (Wildman–Crippen MR) is 134 cm³/mol. The molecule has 12 nitrogen and oxygen atoms in total. The van der Waals surface area contributed by atoms with Crippen LogP contribution in [0.3, 0.4) is 0 Å². The zero-order valence-corrected chi connectivity index (χ0v) is 23.0. The molecule has 1 saturated heterocycles. The summed E-state index contributed by atoms with van der Waals surface area (Å²) in [6, 6.07) is -3.34. The smallest absolute Gasteiger partial charge is 0.422 e. The van der Waals surface area contributed by atoms with E-state index in [1.54, 1.807) is 41.5 Å². The average Bonchev–Trinajstić information content (AvgIpc) is 3.17. The van der Waals surface area contributed by atoms with E-state index < -0.39 is 53.6 Å². The summed E-state index contributed by atoms with van der Waals surface area (Å²) in [5, 5.41) is 12.2. The van der Waals surface area contributed by atoms with Gasteiger partial charge in [-0.1, -0.05) is 13.8 Å². The molecule has 5 N–H and O–H groups in total. The molecule has 0 radical (unpaired) electrons. The van der Waals surface area contributed by atoms with Crippen molar-refractivity contribution in [2.45, 2.75) is 111 Å². The lowest BCUT2D eigenvalue weighted by molar-refractivity contribution is -0.135. The Morgan fingerprint density at radius 3 is 1.83 bits per heavy atom. The first-order chi connectivity index (χ1) is 16.5. The lowest BCUT2D eigenvalue weighted by atomic mass is 10.0. The van der Waals surface area contributed by atoms with Gasteiger partial charge in [-0.05, 0) is 67.2 Å². The molecule has 1 rings (SSSR count). The van der Waals surface area contributed by atoms with Crippen molar-refractivity contribution >= 4 is 29.7 Å². The molecule has 0 bridgehead atoms. The van der Waals surface area contributed by atoms with Crippen LogP contribution in [-0.2, 0) is 23.9 Å². The molecule has 1 aliphatic rings. The fourth-order valence-electron chi connectivity index (χ4n) is 3.56. The van der Waals surface area contributed by atoms with Crippen LogP contribution in [0.4, 0.5) is 4.79 Å². The number of carbonyl (C=O) groups excluding carboxylic acids is 5. The van der Waals surface area contributed by atoms with Gasteiger partial charge in [-0.25, -0.2) is 9.80 Å². The first-order valence-electron chi connectivity index (χ1n) is 12.5. The Morgan fingerprint density at radius 2 is 1.33 bits per heavy atom. The standard InChI is InChI=1S/C24H44N6O6/c1-13(2)18(22(34)27-16(6)20(32)26-15(5)19(31)25-14(3)4)28-21(33)17-11-10-12-30(17)29-23(35)36-24(7,8)9/h13-18H,10-12H2,1-9H3,(H,25,31)(H,26,32)(H,27,34)(H,28,33)(H,29,35)/t15-,16-,17-,18-/m0/s1. The summed E-state index contributed by atoms with van der Waals surface area (Å²) in [5.74, 6) is -2.05. The van der Waals surface area contributed by atoms with Gasteiger partial charge in [0.15, 0.2) is 0 Å². The molecule has 1 aliphatic heterocycles. The quantitative estimate of drug-likeness (QED) is 0.286. The van der Waals surface area contributed by atoms with Gasteiger partial charge >= 0.3 is 6.09 Å². The predicted octanol–water partition coefficient (Wildman–Crippen LogP) is 0.565. The van der Waals surface area contributed by atoms with E-state index >= 15 is 0 Å². The van der Waals surface area contributed by atoms with Crippen LogP contribution in [0.2, 0.25) is 0 Å². The third kappa shape index (κ3) is 10.4. The molecule has 0 unspecified atom stereocenters. The number of amides is 5. The van der Waals surface area contributed by atoms with Crippen molar-refractivity contribution < 1.29 is 28.7 Å². The third-order valence-electron chi connectivity index (χ3n) is 5.37. The summed E-state index contributed by atoms with van der Waals surface area (Å²) in [5.41, 5.74) is 1.93. The molecule has 1 heterocycles. The zero-order chi connectivity index (χ0) is 27.8. The summed E-state index contributed by atoms with van der Waals surface area (Å²) < 4.78 is 5.26. The van der Waals surface area contributed by atoms with E-state index in [4.69, 9.17) is 4.74 Å². The third-order valence-corrected chi connectivity index (χ3v) is 5.37. The largest absolute Gasteiger partial charge is 0.443 e. The topological polar surface area (TPSA) is 158 Å². The molecule has 0 aromatic rings. The summed E-state index contributed by atoms with van der Waals surface area (Å²) in [6.45, 7) is 15.9. The first kappa shape index (κ1) is 31.1. The number of rotatable bonds is 10. The second-order valence-electron chi connectivity index (χ2n) is 10.8. The van der Waals surface area contributed by atoms with Gasteiger partial charge < -0.3 is 26.0 Å². The van der Waals surface area contributed by atoms with Crippen LogP contribution in [0.1, 0.15) is 75.2 Å². The number of hydrazine groups is 1. The highest BCUT2D eigenvalue weighted by Gasteiger charge is 2.36. The van der Waals surface area contributed by atoms with Gasteiger partial charge in [0.2, 0.25) is 23.6 Å². The second kappa shape index (κ2) is 13.4. The Hall–Kier alpha value is -2.89. The molecule has 0 aliphatic carbocycles. The fourth-order valence-corrected chi connectivity index (χ4v) is 3.56. The number of ether oxygens (including phenoxy) is 1. The maximum absolute atomic E-state index is 13.0. The molecule has 0 saturated carbocycles. The van der Waals surface area contributed by atoms with E-state index in [9.17, 15) is 24.0 Å². The van der Waals surface area contributed by atoms with Gasteiger partial charge in [-0.3, -0.25) is 24.6 Å².